The van der Waals surface area contributed by atoms with Crippen molar-refractivity contribution < 1.29 is 80.3 Å². The van der Waals surface area contributed by atoms with Gasteiger partial charge in [0.05, 0.1) is 6.61 Å². The molecule has 12 N–H and O–H groups in total. The summed E-state index contributed by atoms with van der Waals surface area (Å²) in [5.74, 6) is -1.29. The third-order valence-electron chi connectivity index (χ3n) is 6.39. The van der Waals surface area contributed by atoms with E-state index in [1.165, 1.54) is 0 Å². The van der Waals surface area contributed by atoms with Gasteiger partial charge in [-0.3, -0.25) is 4.79 Å². The highest BCUT2D eigenvalue weighted by Gasteiger charge is 2.56. The fourth-order valence-corrected chi connectivity index (χ4v) is 4.21. The van der Waals surface area contributed by atoms with E-state index in [-0.39, 0.29) is 0 Å². The molecule has 1 saturated carbocycles. The smallest absolute Gasteiger partial charge is 0.195 e. The molecule has 0 spiro atoms. The molecule has 0 aromatic heterocycles. The fourth-order valence-electron chi connectivity index (χ4n) is 4.21. The largest absolute Gasteiger partial charge is 0.394 e. The van der Waals surface area contributed by atoms with Crippen LogP contribution in [0.4, 0.5) is 0 Å². The number of rotatable bonds is 5. The van der Waals surface area contributed by atoms with Crippen LogP contribution in [0.5, 0.6) is 0 Å². The number of carbonyl (C=O) groups excluding carboxylic acids is 1. The van der Waals surface area contributed by atoms with Gasteiger partial charge < -0.3 is 75.5 Å². The van der Waals surface area contributed by atoms with E-state index in [1.807, 2.05) is 0 Å². The van der Waals surface area contributed by atoms with Crippen molar-refractivity contribution in [2.75, 3.05) is 6.61 Å². The van der Waals surface area contributed by atoms with E-state index in [1.54, 1.807) is 0 Å². The average molecular weight is 502 g/mol. The molecule has 198 valence electrons. The van der Waals surface area contributed by atoms with Crippen molar-refractivity contribution in [2.24, 2.45) is 0 Å². The number of aliphatic hydroxyl groups is 12. The lowest BCUT2D eigenvalue weighted by molar-refractivity contribution is -0.333. The second-order valence-electron chi connectivity index (χ2n) is 8.60. The Morgan fingerprint density at radius 3 is 1.47 bits per heavy atom. The van der Waals surface area contributed by atoms with E-state index in [0.29, 0.717) is 0 Å². The van der Waals surface area contributed by atoms with Crippen LogP contribution in [0.25, 0.3) is 0 Å². The third kappa shape index (κ3) is 4.73. The van der Waals surface area contributed by atoms with Crippen molar-refractivity contribution in [3.63, 3.8) is 0 Å². The SMILES string of the molecule is O=C(C1O[C@@H](OC2C(O)C(O)C(O)C(O)[C@H]2O)C(O)[C@@H](O)[C@H]1O)[C@@H]1OC(CO)[C@H](O)[C@H](O)C1O. The van der Waals surface area contributed by atoms with Gasteiger partial charge in [-0.05, 0) is 0 Å². The molecule has 16 nitrogen and oxygen atoms in total. The number of Topliss-reactive ketones (excluding diaryl/α,β-unsaturated/α-hetero) is 1. The highest BCUT2D eigenvalue weighted by atomic mass is 16.7. The summed E-state index contributed by atoms with van der Waals surface area (Å²) in [5.41, 5.74) is 0. The molecule has 1 aliphatic carbocycles. The molecule has 16 atom stereocenters. The lowest BCUT2D eigenvalue weighted by atomic mass is 9.84. The Balaban J connectivity index is 1.80. The fraction of sp³-hybridized carbons (Fsp3) is 0.944. The molecular weight excluding hydrogens is 472 g/mol. The molecule has 3 fully saturated rings. The molecule has 9 unspecified atom stereocenters. The second kappa shape index (κ2) is 10.6. The standard InChI is InChI=1S/C18H30O16/c19-1-2-3(20)4(21)9(26)16(32-2)14(31)17-12(29)8(25)13(30)18(34-17)33-15-10(27)6(23)5(22)7(24)11(15)28/h2-13,15-30H,1H2/t2?,3-,4-,5?,6?,7?,8-,9?,10+,11?,12+,13?,15?,16+,17?,18+/m0/s1. The lowest BCUT2D eigenvalue weighted by Gasteiger charge is -2.46. The summed E-state index contributed by atoms with van der Waals surface area (Å²) in [6.07, 6.45) is -31.6. The molecule has 3 aliphatic rings. The maximum atomic E-state index is 12.9. The summed E-state index contributed by atoms with van der Waals surface area (Å²) in [6, 6.07) is 0. The van der Waals surface area contributed by atoms with Crippen molar-refractivity contribution in [1.82, 2.24) is 0 Å². The average Bonchev–Trinajstić information content (AvgIpc) is 2.82. The van der Waals surface area contributed by atoms with Crippen LogP contribution in [-0.4, -0.2) is 172 Å². The number of hydrogen-bond acceptors (Lipinski definition) is 16. The van der Waals surface area contributed by atoms with Gasteiger partial charge in [-0.15, -0.1) is 0 Å². The Hall–Kier alpha value is -0.930. The molecule has 0 radical (unpaired) electrons. The van der Waals surface area contributed by atoms with Gasteiger partial charge in [-0.2, -0.15) is 0 Å². The van der Waals surface area contributed by atoms with Gasteiger partial charge in [-0.25, -0.2) is 0 Å². The number of ether oxygens (including phenoxy) is 3. The van der Waals surface area contributed by atoms with Gasteiger partial charge in [0.2, 0.25) is 0 Å². The zero-order valence-electron chi connectivity index (χ0n) is 17.4. The zero-order chi connectivity index (χ0) is 25.6. The van der Waals surface area contributed by atoms with Crippen molar-refractivity contribution >= 4 is 5.78 Å². The van der Waals surface area contributed by atoms with Gasteiger partial charge in [0.1, 0.15) is 85.5 Å². The summed E-state index contributed by atoms with van der Waals surface area (Å²) in [4.78, 5) is 12.9. The van der Waals surface area contributed by atoms with Gasteiger partial charge in [0.15, 0.2) is 18.2 Å². The molecule has 2 saturated heterocycles. The first-order valence-electron chi connectivity index (χ1n) is 10.4. The summed E-state index contributed by atoms with van der Waals surface area (Å²) in [5, 5.41) is 119. The summed E-state index contributed by atoms with van der Waals surface area (Å²) in [6.45, 7) is -0.857. The van der Waals surface area contributed by atoms with E-state index in [2.05, 4.69) is 0 Å². The van der Waals surface area contributed by atoms with Crippen molar-refractivity contribution in [3.8, 4) is 0 Å². The van der Waals surface area contributed by atoms with E-state index >= 15 is 0 Å². The van der Waals surface area contributed by atoms with Gasteiger partial charge >= 0.3 is 0 Å². The Labute approximate surface area is 191 Å². The zero-order valence-corrected chi connectivity index (χ0v) is 17.4. The molecule has 2 aliphatic heterocycles. The first kappa shape index (κ1) is 27.7. The molecule has 0 aromatic rings. The minimum absolute atomic E-state index is 0.857. The van der Waals surface area contributed by atoms with E-state index < -0.39 is 110 Å². The minimum Gasteiger partial charge on any atom is -0.394 e. The maximum absolute atomic E-state index is 12.9. The van der Waals surface area contributed by atoms with Crippen LogP contribution >= 0.6 is 0 Å². The highest BCUT2D eigenvalue weighted by molar-refractivity contribution is 5.89. The molecule has 34 heavy (non-hydrogen) atoms. The third-order valence-corrected chi connectivity index (χ3v) is 6.39. The van der Waals surface area contributed by atoms with Gasteiger partial charge in [0, 0.05) is 0 Å². The van der Waals surface area contributed by atoms with Crippen molar-refractivity contribution in [2.45, 2.75) is 97.8 Å². The lowest BCUT2D eigenvalue weighted by Crippen LogP contribution is -2.68. The number of aliphatic hydroxyl groups excluding tert-OH is 12. The van der Waals surface area contributed by atoms with Crippen LogP contribution in [0.2, 0.25) is 0 Å². The minimum atomic E-state index is -2.13. The van der Waals surface area contributed by atoms with Crippen molar-refractivity contribution in [1.29, 1.82) is 0 Å². The van der Waals surface area contributed by atoms with Crippen LogP contribution in [0.3, 0.4) is 0 Å². The monoisotopic (exact) mass is 502 g/mol. The molecule has 0 aromatic carbocycles. The summed E-state index contributed by atoms with van der Waals surface area (Å²) in [7, 11) is 0. The molecule has 0 amide bonds. The molecule has 0 bridgehead atoms. The van der Waals surface area contributed by atoms with Crippen LogP contribution in [-0.2, 0) is 19.0 Å². The van der Waals surface area contributed by atoms with E-state index in [0.717, 1.165) is 0 Å². The molecule has 3 rings (SSSR count). The summed E-state index contributed by atoms with van der Waals surface area (Å²) >= 11 is 0. The molecular formula is C18H30O16. The van der Waals surface area contributed by atoms with E-state index in [9.17, 15) is 66.1 Å². The van der Waals surface area contributed by atoms with Crippen molar-refractivity contribution in [3.05, 3.63) is 0 Å². The van der Waals surface area contributed by atoms with Crippen LogP contribution in [0.1, 0.15) is 0 Å². The highest BCUT2D eigenvalue weighted by Crippen LogP contribution is 2.31. The van der Waals surface area contributed by atoms with Crippen LogP contribution < -0.4 is 0 Å². The first-order valence-corrected chi connectivity index (χ1v) is 10.4. The van der Waals surface area contributed by atoms with Gasteiger partial charge in [0.25, 0.3) is 0 Å². The second-order valence-corrected chi connectivity index (χ2v) is 8.60. The van der Waals surface area contributed by atoms with Gasteiger partial charge in [-0.1, -0.05) is 0 Å². The molecule has 16 heteroatoms. The Kier molecular flexibility index (Phi) is 8.61. The van der Waals surface area contributed by atoms with Crippen LogP contribution in [0, 0.1) is 0 Å². The predicted octanol–water partition coefficient (Wildman–Crippen LogP) is -8.59. The Morgan fingerprint density at radius 1 is 0.559 bits per heavy atom. The van der Waals surface area contributed by atoms with Crippen LogP contribution in [0.15, 0.2) is 0 Å². The first-order chi connectivity index (χ1) is 15.8. The molecule has 2 heterocycles. The predicted molar refractivity (Wildman–Crippen MR) is 100 cm³/mol. The Morgan fingerprint density at radius 2 is 0.971 bits per heavy atom. The number of hydrogen-bond donors (Lipinski definition) is 12. The quantitative estimate of drug-likeness (QED) is 0.166. The Bertz CT molecular complexity index is 691. The maximum Gasteiger partial charge on any atom is 0.195 e. The topological polar surface area (TPSA) is 288 Å². The number of ketones is 1. The van der Waals surface area contributed by atoms with E-state index in [4.69, 9.17) is 14.2 Å². The normalized spacial score (nSPS) is 54.6. The number of carbonyl (C=O) groups is 1. The summed E-state index contributed by atoms with van der Waals surface area (Å²) < 4.78 is 15.5.